The summed E-state index contributed by atoms with van der Waals surface area (Å²) >= 11 is 0. The molecule has 0 spiro atoms. The summed E-state index contributed by atoms with van der Waals surface area (Å²) < 4.78 is 19.3. The van der Waals surface area contributed by atoms with Crippen LogP contribution in [0.2, 0.25) is 0 Å². The molecule has 0 bridgehead atoms. The van der Waals surface area contributed by atoms with Gasteiger partial charge in [0.2, 0.25) is 0 Å². The molecule has 4 aromatic carbocycles. The number of para-hydroxylation sites is 1. The standard InChI is InChI=1S/C25H20NO4P/c1-30-20-12-13-23-22-10-2-3-11-24(22)26(25(23)16-20)19-8-4-6-17(14-19)18-7-5-9-21(15-18)31(27,28)29/h2-16H,1H3,(H2,27,28,29). The van der Waals surface area contributed by atoms with Crippen molar-refractivity contribution in [3.05, 3.63) is 91.0 Å². The number of benzene rings is 4. The summed E-state index contributed by atoms with van der Waals surface area (Å²) in [7, 11) is -2.66. The molecule has 0 fully saturated rings. The van der Waals surface area contributed by atoms with E-state index in [1.165, 1.54) is 6.07 Å². The van der Waals surface area contributed by atoms with E-state index < -0.39 is 7.60 Å². The number of methoxy groups -OCH3 is 1. The molecule has 0 saturated carbocycles. The molecule has 0 unspecified atom stereocenters. The van der Waals surface area contributed by atoms with Crippen molar-refractivity contribution in [3.63, 3.8) is 0 Å². The Hall–Kier alpha value is -3.37. The highest BCUT2D eigenvalue weighted by atomic mass is 31.2. The van der Waals surface area contributed by atoms with Crippen LogP contribution >= 0.6 is 7.60 Å². The smallest absolute Gasteiger partial charge is 0.356 e. The SMILES string of the molecule is COc1ccc2c3ccccc3n(-c3cccc(-c4cccc(P(=O)(O)O)c4)c3)c2c1. The number of ether oxygens (including phenoxy) is 1. The van der Waals surface area contributed by atoms with Gasteiger partial charge in [0.1, 0.15) is 5.75 Å². The summed E-state index contributed by atoms with van der Waals surface area (Å²) in [6.07, 6.45) is 0. The van der Waals surface area contributed by atoms with E-state index in [4.69, 9.17) is 4.74 Å². The predicted molar refractivity (Wildman–Crippen MR) is 124 cm³/mol. The zero-order chi connectivity index (χ0) is 21.6. The van der Waals surface area contributed by atoms with Crippen molar-refractivity contribution in [1.82, 2.24) is 4.57 Å². The molecule has 5 rings (SSSR count). The van der Waals surface area contributed by atoms with Crippen molar-refractivity contribution >= 4 is 34.7 Å². The number of nitrogens with zero attached hydrogens (tertiary/aromatic N) is 1. The van der Waals surface area contributed by atoms with Crippen LogP contribution in [0.1, 0.15) is 0 Å². The van der Waals surface area contributed by atoms with Gasteiger partial charge in [-0.2, -0.15) is 0 Å². The van der Waals surface area contributed by atoms with E-state index in [1.807, 2.05) is 54.6 Å². The second kappa shape index (κ2) is 7.40. The van der Waals surface area contributed by atoms with E-state index in [0.717, 1.165) is 44.4 Å². The minimum atomic E-state index is -4.32. The van der Waals surface area contributed by atoms with Gasteiger partial charge in [0, 0.05) is 22.5 Å². The normalized spacial score (nSPS) is 11.8. The van der Waals surface area contributed by atoms with E-state index in [0.29, 0.717) is 0 Å². The molecule has 1 heterocycles. The molecular weight excluding hydrogens is 409 g/mol. The molecular formula is C25H20NO4P. The first-order chi connectivity index (χ1) is 15.0. The molecule has 5 aromatic rings. The Labute approximate surface area is 179 Å². The van der Waals surface area contributed by atoms with E-state index in [9.17, 15) is 14.4 Å². The van der Waals surface area contributed by atoms with Gasteiger partial charge in [0.25, 0.3) is 0 Å². The van der Waals surface area contributed by atoms with Crippen LogP contribution in [0.15, 0.2) is 91.0 Å². The van der Waals surface area contributed by atoms with Gasteiger partial charge >= 0.3 is 7.60 Å². The van der Waals surface area contributed by atoms with Crippen molar-refractivity contribution in [2.45, 2.75) is 0 Å². The molecule has 2 N–H and O–H groups in total. The largest absolute Gasteiger partial charge is 0.497 e. The lowest BCUT2D eigenvalue weighted by molar-refractivity contribution is 0.387. The van der Waals surface area contributed by atoms with Crippen LogP contribution < -0.4 is 10.0 Å². The van der Waals surface area contributed by atoms with Crippen LogP contribution in [-0.4, -0.2) is 21.5 Å². The fourth-order valence-corrected chi connectivity index (χ4v) is 4.63. The van der Waals surface area contributed by atoms with Crippen LogP contribution in [0.3, 0.4) is 0 Å². The van der Waals surface area contributed by atoms with E-state index in [1.54, 1.807) is 19.2 Å². The zero-order valence-electron chi connectivity index (χ0n) is 16.8. The summed E-state index contributed by atoms with van der Waals surface area (Å²) in [5.74, 6) is 0.780. The summed E-state index contributed by atoms with van der Waals surface area (Å²) in [6, 6.07) is 28.8. The summed E-state index contributed by atoms with van der Waals surface area (Å²) in [6.45, 7) is 0. The van der Waals surface area contributed by atoms with Crippen molar-refractivity contribution in [1.29, 1.82) is 0 Å². The minimum absolute atomic E-state index is 0.0111. The average Bonchev–Trinajstić information content (AvgIpc) is 3.12. The van der Waals surface area contributed by atoms with Gasteiger partial charge in [-0.25, -0.2) is 0 Å². The maximum Gasteiger partial charge on any atom is 0.356 e. The number of hydrogen-bond acceptors (Lipinski definition) is 2. The van der Waals surface area contributed by atoms with Crippen molar-refractivity contribution in [2.24, 2.45) is 0 Å². The van der Waals surface area contributed by atoms with Crippen molar-refractivity contribution in [2.75, 3.05) is 7.11 Å². The quantitative estimate of drug-likeness (QED) is 0.382. The third kappa shape index (κ3) is 3.43. The monoisotopic (exact) mass is 429 g/mol. The molecule has 154 valence electrons. The van der Waals surface area contributed by atoms with Crippen LogP contribution in [0.5, 0.6) is 5.75 Å². The zero-order valence-corrected chi connectivity index (χ0v) is 17.7. The highest BCUT2D eigenvalue weighted by Crippen LogP contribution is 2.36. The van der Waals surface area contributed by atoms with E-state index in [2.05, 4.69) is 22.8 Å². The highest BCUT2D eigenvalue weighted by Gasteiger charge is 2.18. The van der Waals surface area contributed by atoms with Crippen molar-refractivity contribution in [3.8, 4) is 22.6 Å². The Morgan fingerprint density at radius 1 is 0.742 bits per heavy atom. The molecule has 6 heteroatoms. The molecule has 0 aliphatic rings. The Morgan fingerprint density at radius 3 is 2.23 bits per heavy atom. The summed E-state index contributed by atoms with van der Waals surface area (Å²) in [4.78, 5) is 19.1. The Kier molecular flexibility index (Phi) is 4.67. The van der Waals surface area contributed by atoms with Gasteiger partial charge in [-0.1, -0.05) is 42.5 Å². The van der Waals surface area contributed by atoms with Gasteiger partial charge in [-0.05, 0) is 53.6 Å². The minimum Gasteiger partial charge on any atom is -0.497 e. The van der Waals surface area contributed by atoms with Crippen LogP contribution in [0, 0.1) is 0 Å². The Balaban J connectivity index is 1.74. The van der Waals surface area contributed by atoms with E-state index in [-0.39, 0.29) is 5.30 Å². The number of fused-ring (bicyclic) bond motifs is 3. The lowest BCUT2D eigenvalue weighted by atomic mass is 10.1. The molecule has 0 amide bonds. The molecule has 1 aromatic heterocycles. The predicted octanol–water partition coefficient (Wildman–Crippen LogP) is 5.26. The van der Waals surface area contributed by atoms with Gasteiger partial charge in [-0.3, -0.25) is 4.57 Å². The second-order valence-electron chi connectivity index (χ2n) is 7.38. The average molecular weight is 429 g/mol. The van der Waals surface area contributed by atoms with Crippen LogP contribution in [0.25, 0.3) is 38.6 Å². The molecule has 5 nitrogen and oxygen atoms in total. The second-order valence-corrected chi connectivity index (χ2v) is 8.98. The third-order valence-electron chi connectivity index (χ3n) is 5.50. The van der Waals surface area contributed by atoms with Crippen LogP contribution in [-0.2, 0) is 4.57 Å². The summed E-state index contributed by atoms with van der Waals surface area (Å²) in [5, 5.41) is 2.29. The van der Waals surface area contributed by atoms with Crippen molar-refractivity contribution < 1.29 is 19.1 Å². The maximum atomic E-state index is 11.7. The molecule has 0 saturated heterocycles. The van der Waals surface area contributed by atoms with E-state index >= 15 is 0 Å². The molecule has 0 radical (unpaired) electrons. The van der Waals surface area contributed by atoms with Gasteiger partial charge in [0.05, 0.1) is 23.4 Å². The third-order valence-corrected chi connectivity index (χ3v) is 6.45. The maximum absolute atomic E-state index is 11.7. The van der Waals surface area contributed by atoms with Gasteiger partial charge in [0.15, 0.2) is 0 Å². The highest BCUT2D eigenvalue weighted by molar-refractivity contribution is 7.60. The summed E-state index contributed by atoms with van der Waals surface area (Å²) in [5.41, 5.74) is 4.69. The Bertz CT molecular complexity index is 1480. The number of hydrogen-bond donors (Lipinski definition) is 2. The molecule has 31 heavy (non-hydrogen) atoms. The van der Waals surface area contributed by atoms with Crippen LogP contribution in [0.4, 0.5) is 0 Å². The van der Waals surface area contributed by atoms with Gasteiger partial charge in [-0.15, -0.1) is 0 Å². The fraction of sp³-hybridized carbons (Fsp3) is 0.0400. The first-order valence-electron chi connectivity index (χ1n) is 9.80. The van der Waals surface area contributed by atoms with Gasteiger partial charge < -0.3 is 19.1 Å². The molecule has 0 aliphatic heterocycles. The number of rotatable bonds is 4. The number of aromatic nitrogens is 1. The lowest BCUT2D eigenvalue weighted by Gasteiger charge is -2.12. The lowest BCUT2D eigenvalue weighted by Crippen LogP contribution is -2.03. The topological polar surface area (TPSA) is 71.7 Å². The first-order valence-corrected chi connectivity index (χ1v) is 11.4. The molecule has 0 atom stereocenters. The fourth-order valence-electron chi connectivity index (χ4n) is 4.05. The first kappa shape index (κ1) is 19.6. The molecule has 0 aliphatic carbocycles. The Morgan fingerprint density at radius 2 is 1.45 bits per heavy atom.